The van der Waals surface area contributed by atoms with E-state index in [-0.39, 0.29) is 0 Å². The van der Waals surface area contributed by atoms with E-state index in [0.717, 1.165) is 16.8 Å². The van der Waals surface area contributed by atoms with Gasteiger partial charge in [0.05, 0.1) is 11.6 Å². The third kappa shape index (κ3) is 4.29. The maximum absolute atomic E-state index is 5.24. The largest absolute Gasteiger partial charge is 0.496 e. The molecule has 0 amide bonds. The van der Waals surface area contributed by atoms with Gasteiger partial charge in [0.1, 0.15) is 5.75 Å². The van der Waals surface area contributed by atoms with Crippen molar-refractivity contribution in [1.29, 1.82) is 0 Å². The zero-order chi connectivity index (χ0) is 13.8. The second-order valence-electron chi connectivity index (χ2n) is 5.51. The van der Waals surface area contributed by atoms with Gasteiger partial charge in [0.25, 0.3) is 0 Å². The van der Waals surface area contributed by atoms with Crippen LogP contribution in [0.1, 0.15) is 45.7 Å². The number of halogens is 1. The number of benzene rings is 1. The van der Waals surface area contributed by atoms with Crippen LogP contribution in [-0.4, -0.2) is 13.7 Å². The van der Waals surface area contributed by atoms with Gasteiger partial charge in [0.2, 0.25) is 0 Å². The lowest BCUT2D eigenvalue weighted by atomic mass is 9.90. The standard InChI is InChI=1S/C15H24BrNO/c1-6-15(3,4)10-17-11(2)12-7-8-14(18-5)13(16)9-12/h7-9,11,17H,6,10H2,1-5H3. The summed E-state index contributed by atoms with van der Waals surface area (Å²) < 4.78 is 6.25. The molecule has 0 aromatic heterocycles. The summed E-state index contributed by atoms with van der Waals surface area (Å²) in [6.07, 6.45) is 1.18. The highest BCUT2D eigenvalue weighted by Gasteiger charge is 2.16. The first-order chi connectivity index (χ1) is 8.39. The van der Waals surface area contributed by atoms with Crippen molar-refractivity contribution in [2.75, 3.05) is 13.7 Å². The molecule has 0 bridgehead atoms. The van der Waals surface area contributed by atoms with Crippen molar-refractivity contribution in [1.82, 2.24) is 5.32 Å². The van der Waals surface area contributed by atoms with E-state index in [1.54, 1.807) is 7.11 Å². The molecule has 0 aliphatic carbocycles. The Morgan fingerprint density at radius 1 is 1.39 bits per heavy atom. The van der Waals surface area contributed by atoms with E-state index in [1.807, 2.05) is 6.07 Å². The summed E-state index contributed by atoms with van der Waals surface area (Å²) in [4.78, 5) is 0. The minimum absolute atomic E-state index is 0.345. The topological polar surface area (TPSA) is 21.3 Å². The predicted octanol–water partition coefficient (Wildman–Crippen LogP) is 4.54. The number of ether oxygens (including phenoxy) is 1. The molecule has 0 saturated carbocycles. The SMILES string of the molecule is CCC(C)(C)CNC(C)c1ccc(OC)c(Br)c1. The van der Waals surface area contributed by atoms with Crippen molar-refractivity contribution in [2.45, 2.75) is 40.2 Å². The van der Waals surface area contributed by atoms with Gasteiger partial charge in [-0.3, -0.25) is 0 Å². The highest BCUT2D eigenvalue weighted by atomic mass is 79.9. The summed E-state index contributed by atoms with van der Waals surface area (Å²) >= 11 is 3.53. The van der Waals surface area contributed by atoms with E-state index in [1.165, 1.54) is 12.0 Å². The molecule has 0 saturated heterocycles. The Morgan fingerprint density at radius 2 is 2.06 bits per heavy atom. The highest BCUT2D eigenvalue weighted by Crippen LogP contribution is 2.28. The average molecular weight is 314 g/mol. The summed E-state index contributed by atoms with van der Waals surface area (Å²) in [5.41, 5.74) is 1.62. The van der Waals surface area contributed by atoms with Crippen molar-refractivity contribution in [2.24, 2.45) is 5.41 Å². The quantitative estimate of drug-likeness (QED) is 0.832. The monoisotopic (exact) mass is 313 g/mol. The van der Waals surface area contributed by atoms with E-state index in [0.29, 0.717) is 11.5 Å². The Bertz CT molecular complexity index is 390. The lowest BCUT2D eigenvalue weighted by Gasteiger charge is -2.26. The van der Waals surface area contributed by atoms with Crippen LogP contribution in [0.4, 0.5) is 0 Å². The molecule has 3 heteroatoms. The second-order valence-corrected chi connectivity index (χ2v) is 6.37. The molecule has 0 radical (unpaired) electrons. The van der Waals surface area contributed by atoms with Crippen molar-refractivity contribution < 1.29 is 4.74 Å². The van der Waals surface area contributed by atoms with E-state index in [2.05, 4.69) is 61.1 Å². The number of methoxy groups -OCH3 is 1. The van der Waals surface area contributed by atoms with Crippen LogP contribution in [-0.2, 0) is 0 Å². The minimum Gasteiger partial charge on any atom is -0.496 e. The lowest BCUT2D eigenvalue weighted by Crippen LogP contribution is -2.30. The number of hydrogen-bond acceptors (Lipinski definition) is 2. The fourth-order valence-corrected chi connectivity index (χ4v) is 2.18. The molecule has 18 heavy (non-hydrogen) atoms. The van der Waals surface area contributed by atoms with Gasteiger partial charge in [0.15, 0.2) is 0 Å². The predicted molar refractivity (Wildman–Crippen MR) is 81.2 cm³/mol. The molecule has 1 unspecified atom stereocenters. The summed E-state index contributed by atoms with van der Waals surface area (Å²) in [7, 11) is 1.69. The van der Waals surface area contributed by atoms with Crippen LogP contribution in [0, 0.1) is 5.41 Å². The van der Waals surface area contributed by atoms with Gasteiger partial charge in [-0.25, -0.2) is 0 Å². The number of nitrogens with one attached hydrogen (secondary N) is 1. The Morgan fingerprint density at radius 3 is 2.56 bits per heavy atom. The lowest BCUT2D eigenvalue weighted by molar-refractivity contribution is 0.314. The van der Waals surface area contributed by atoms with Gasteiger partial charge in [-0.15, -0.1) is 0 Å². The normalized spacial score (nSPS) is 13.4. The molecule has 0 heterocycles. The molecule has 0 aliphatic rings. The first kappa shape index (κ1) is 15.5. The zero-order valence-electron chi connectivity index (χ0n) is 12.0. The van der Waals surface area contributed by atoms with Crippen LogP contribution in [0.2, 0.25) is 0 Å². The van der Waals surface area contributed by atoms with Gasteiger partial charge in [-0.2, -0.15) is 0 Å². The van der Waals surface area contributed by atoms with Gasteiger partial charge in [0, 0.05) is 12.6 Å². The number of hydrogen-bond donors (Lipinski definition) is 1. The molecule has 1 aromatic carbocycles. The second kappa shape index (κ2) is 6.58. The summed E-state index contributed by atoms with van der Waals surface area (Å²) in [6.45, 7) is 10.0. The number of rotatable bonds is 6. The van der Waals surface area contributed by atoms with Crippen LogP contribution in [0.5, 0.6) is 5.75 Å². The molecular weight excluding hydrogens is 290 g/mol. The molecule has 0 spiro atoms. The van der Waals surface area contributed by atoms with Crippen LogP contribution < -0.4 is 10.1 Å². The van der Waals surface area contributed by atoms with E-state index >= 15 is 0 Å². The molecule has 0 fully saturated rings. The Balaban J connectivity index is 2.67. The molecular formula is C15H24BrNO. The Kier molecular flexibility index (Phi) is 5.67. The summed E-state index contributed by atoms with van der Waals surface area (Å²) in [5, 5.41) is 3.59. The highest BCUT2D eigenvalue weighted by molar-refractivity contribution is 9.10. The van der Waals surface area contributed by atoms with Crippen LogP contribution >= 0.6 is 15.9 Å². The van der Waals surface area contributed by atoms with E-state index in [9.17, 15) is 0 Å². The van der Waals surface area contributed by atoms with Crippen molar-refractivity contribution in [3.8, 4) is 5.75 Å². The third-order valence-corrected chi connectivity index (χ3v) is 4.14. The molecule has 1 atom stereocenters. The first-order valence-corrected chi connectivity index (χ1v) is 7.25. The molecule has 2 nitrogen and oxygen atoms in total. The van der Waals surface area contributed by atoms with Crippen LogP contribution in [0.15, 0.2) is 22.7 Å². The maximum Gasteiger partial charge on any atom is 0.133 e. The average Bonchev–Trinajstić information content (AvgIpc) is 2.36. The molecule has 1 aromatic rings. The van der Waals surface area contributed by atoms with Crippen molar-refractivity contribution >= 4 is 15.9 Å². The van der Waals surface area contributed by atoms with Crippen LogP contribution in [0.25, 0.3) is 0 Å². The van der Waals surface area contributed by atoms with E-state index < -0.39 is 0 Å². The van der Waals surface area contributed by atoms with Crippen molar-refractivity contribution in [3.05, 3.63) is 28.2 Å². The fourth-order valence-electron chi connectivity index (χ4n) is 1.62. The molecule has 1 N–H and O–H groups in total. The zero-order valence-corrected chi connectivity index (χ0v) is 13.6. The molecule has 0 aliphatic heterocycles. The van der Waals surface area contributed by atoms with E-state index in [4.69, 9.17) is 4.74 Å². The van der Waals surface area contributed by atoms with Gasteiger partial charge in [-0.1, -0.05) is 26.8 Å². The smallest absolute Gasteiger partial charge is 0.133 e. The Hall–Kier alpha value is -0.540. The van der Waals surface area contributed by atoms with Gasteiger partial charge < -0.3 is 10.1 Å². The van der Waals surface area contributed by atoms with Gasteiger partial charge in [-0.05, 0) is 52.4 Å². The third-order valence-electron chi connectivity index (χ3n) is 3.52. The Labute approximate surface area is 119 Å². The van der Waals surface area contributed by atoms with Crippen molar-refractivity contribution in [3.63, 3.8) is 0 Å². The van der Waals surface area contributed by atoms with Crippen LogP contribution in [0.3, 0.4) is 0 Å². The first-order valence-electron chi connectivity index (χ1n) is 6.46. The maximum atomic E-state index is 5.24. The minimum atomic E-state index is 0.345. The summed E-state index contributed by atoms with van der Waals surface area (Å²) in [5.74, 6) is 0.875. The molecule has 102 valence electrons. The fraction of sp³-hybridized carbons (Fsp3) is 0.600. The van der Waals surface area contributed by atoms with Gasteiger partial charge >= 0.3 is 0 Å². The summed E-state index contributed by atoms with van der Waals surface area (Å²) in [6, 6.07) is 6.58. The molecule has 1 rings (SSSR count).